The van der Waals surface area contributed by atoms with E-state index in [0.717, 1.165) is 17.2 Å². The molecule has 1 saturated heterocycles. The van der Waals surface area contributed by atoms with E-state index in [1.807, 2.05) is 26.0 Å². The number of hydrogen-bond acceptors (Lipinski definition) is 7. The van der Waals surface area contributed by atoms with Crippen LogP contribution in [0.15, 0.2) is 18.2 Å². The first-order valence-corrected chi connectivity index (χ1v) is 16.3. The van der Waals surface area contributed by atoms with Crippen LogP contribution < -0.4 is 0 Å². The molecule has 1 N–H and O–H groups in total. The van der Waals surface area contributed by atoms with Crippen molar-refractivity contribution in [3.63, 3.8) is 0 Å². The highest BCUT2D eigenvalue weighted by Gasteiger charge is 2.45. The van der Waals surface area contributed by atoms with Gasteiger partial charge in [0.1, 0.15) is 24.9 Å². The van der Waals surface area contributed by atoms with Gasteiger partial charge in [0, 0.05) is 8.07 Å². The number of aliphatic hydroxyl groups is 1. The topological polar surface area (TPSA) is 91.3 Å². The monoisotopic (exact) mass is 520 g/mol. The van der Waals surface area contributed by atoms with Crippen molar-refractivity contribution in [1.29, 1.82) is 0 Å². The lowest BCUT2D eigenvalue weighted by atomic mass is 9.97. The minimum atomic E-state index is -1.33. The SMILES string of the molecule is Cc1cc(C)c(C(=O)OCC[Si](C)(C)C)c(/C=C/C(O)[C@@H]2OC(C)(C)O[C@@H]2COC(=O)C(C)(C)C)c1. The molecule has 0 bridgehead atoms. The first-order chi connectivity index (χ1) is 16.4. The van der Waals surface area contributed by atoms with E-state index in [9.17, 15) is 14.7 Å². The van der Waals surface area contributed by atoms with Gasteiger partial charge in [0.2, 0.25) is 0 Å². The maximum atomic E-state index is 13.0. The first-order valence-electron chi connectivity index (χ1n) is 12.6. The predicted octanol–water partition coefficient (Wildman–Crippen LogP) is 5.28. The summed E-state index contributed by atoms with van der Waals surface area (Å²) in [6.07, 6.45) is 0.855. The van der Waals surface area contributed by atoms with Crippen LogP contribution in [0.2, 0.25) is 25.7 Å². The summed E-state index contributed by atoms with van der Waals surface area (Å²) in [4.78, 5) is 25.2. The standard InChI is InChI=1S/C28H44O7Si/c1-18-15-19(2)23(25(30)32-13-14-36(8,9)10)20(16-18)11-12-21(29)24-22(34-28(6,7)35-24)17-33-26(31)27(3,4)5/h11-12,15-16,21-22,24,29H,13-14,17H2,1-10H3/b12-11+/t21?,22-,24+/m1/s1. The second kappa shape index (κ2) is 11.6. The molecule has 0 spiro atoms. The van der Waals surface area contributed by atoms with Gasteiger partial charge in [-0.3, -0.25) is 4.79 Å². The van der Waals surface area contributed by atoms with E-state index in [4.69, 9.17) is 18.9 Å². The summed E-state index contributed by atoms with van der Waals surface area (Å²) in [5.74, 6) is -1.66. The zero-order valence-corrected chi connectivity index (χ0v) is 24.6. The van der Waals surface area contributed by atoms with Gasteiger partial charge in [-0.05, 0) is 65.6 Å². The van der Waals surface area contributed by atoms with Crippen LogP contribution in [0.1, 0.15) is 61.7 Å². The van der Waals surface area contributed by atoms with Crippen molar-refractivity contribution in [3.8, 4) is 0 Å². The van der Waals surface area contributed by atoms with E-state index >= 15 is 0 Å². The van der Waals surface area contributed by atoms with Gasteiger partial charge >= 0.3 is 11.9 Å². The molecule has 1 heterocycles. The van der Waals surface area contributed by atoms with Crippen LogP contribution in [0.4, 0.5) is 0 Å². The van der Waals surface area contributed by atoms with Crippen molar-refractivity contribution >= 4 is 26.1 Å². The molecular weight excluding hydrogens is 476 g/mol. The summed E-state index contributed by atoms with van der Waals surface area (Å²) in [7, 11) is -1.33. The number of rotatable bonds is 9. The highest BCUT2D eigenvalue weighted by molar-refractivity contribution is 6.76. The Morgan fingerprint density at radius 1 is 1.14 bits per heavy atom. The minimum absolute atomic E-state index is 0.0344. The number of hydrogen-bond donors (Lipinski definition) is 1. The number of aryl methyl sites for hydroxylation is 2. The van der Waals surface area contributed by atoms with E-state index < -0.39 is 37.6 Å². The van der Waals surface area contributed by atoms with Gasteiger partial charge in [0.05, 0.1) is 17.6 Å². The van der Waals surface area contributed by atoms with Crippen molar-refractivity contribution in [1.82, 2.24) is 0 Å². The van der Waals surface area contributed by atoms with Crippen molar-refractivity contribution in [3.05, 3.63) is 40.5 Å². The molecule has 1 aliphatic rings. The second-order valence-corrected chi connectivity index (χ2v) is 18.0. The zero-order chi connectivity index (χ0) is 27.5. The fourth-order valence-corrected chi connectivity index (χ4v) is 4.61. The molecule has 0 amide bonds. The maximum absolute atomic E-state index is 13.0. The largest absolute Gasteiger partial charge is 0.462 e. The molecule has 36 heavy (non-hydrogen) atoms. The van der Waals surface area contributed by atoms with Crippen molar-refractivity contribution in [2.45, 2.75) is 98.3 Å². The molecule has 0 radical (unpaired) electrons. The number of carbonyl (C=O) groups excluding carboxylic acids is 2. The van der Waals surface area contributed by atoms with Gasteiger partial charge in [-0.2, -0.15) is 0 Å². The molecule has 1 fully saturated rings. The molecule has 0 aromatic heterocycles. The molecule has 0 saturated carbocycles. The summed E-state index contributed by atoms with van der Waals surface area (Å²) >= 11 is 0. The molecule has 1 aromatic carbocycles. The maximum Gasteiger partial charge on any atom is 0.338 e. The van der Waals surface area contributed by atoms with Crippen molar-refractivity contribution in [2.24, 2.45) is 5.41 Å². The normalized spacial score (nSPS) is 21.0. The number of benzene rings is 1. The third-order valence-corrected chi connectivity index (χ3v) is 7.53. The quantitative estimate of drug-likeness (QED) is 0.350. The lowest BCUT2D eigenvalue weighted by Crippen LogP contribution is -2.38. The smallest absolute Gasteiger partial charge is 0.338 e. The van der Waals surface area contributed by atoms with Crippen LogP contribution in [0, 0.1) is 19.3 Å². The Morgan fingerprint density at radius 2 is 1.78 bits per heavy atom. The second-order valence-electron chi connectivity index (χ2n) is 12.3. The lowest BCUT2D eigenvalue weighted by Gasteiger charge is -2.22. The molecule has 8 heteroatoms. The van der Waals surface area contributed by atoms with E-state index in [0.29, 0.717) is 17.7 Å². The van der Waals surface area contributed by atoms with Crippen LogP contribution in [0.5, 0.6) is 0 Å². The van der Waals surface area contributed by atoms with Crippen LogP contribution in [0.25, 0.3) is 6.08 Å². The molecule has 1 aliphatic heterocycles. The Labute approximate surface area is 217 Å². The van der Waals surface area contributed by atoms with Gasteiger partial charge in [-0.15, -0.1) is 0 Å². The van der Waals surface area contributed by atoms with Crippen LogP contribution in [0.3, 0.4) is 0 Å². The fourth-order valence-electron chi connectivity index (χ4n) is 3.90. The Kier molecular flexibility index (Phi) is 9.73. The highest BCUT2D eigenvalue weighted by Crippen LogP contribution is 2.31. The summed E-state index contributed by atoms with van der Waals surface area (Å²) in [6.45, 7) is 19.7. The molecule has 3 atom stereocenters. The lowest BCUT2D eigenvalue weighted by molar-refractivity contribution is -0.166. The van der Waals surface area contributed by atoms with Gasteiger partial charge in [0.15, 0.2) is 5.79 Å². The minimum Gasteiger partial charge on any atom is -0.462 e. The molecule has 1 aromatic rings. The Morgan fingerprint density at radius 3 is 2.36 bits per heavy atom. The molecule has 0 aliphatic carbocycles. The number of aliphatic hydroxyl groups excluding tert-OH is 1. The number of ether oxygens (including phenoxy) is 4. The average molecular weight is 521 g/mol. The summed E-state index contributed by atoms with van der Waals surface area (Å²) in [6, 6.07) is 4.73. The Balaban J connectivity index is 2.21. The summed E-state index contributed by atoms with van der Waals surface area (Å²) in [5, 5.41) is 11.0. The van der Waals surface area contributed by atoms with Gasteiger partial charge < -0.3 is 24.1 Å². The summed E-state index contributed by atoms with van der Waals surface area (Å²) in [5.41, 5.74) is 2.31. The fraction of sp³-hybridized carbons (Fsp3) is 0.643. The number of carbonyl (C=O) groups is 2. The number of esters is 2. The van der Waals surface area contributed by atoms with Gasteiger partial charge in [-0.1, -0.05) is 49.5 Å². The van der Waals surface area contributed by atoms with Crippen molar-refractivity contribution in [2.75, 3.05) is 13.2 Å². The van der Waals surface area contributed by atoms with E-state index in [1.165, 1.54) is 0 Å². The molecular formula is C28H44O7Si. The third kappa shape index (κ3) is 8.83. The predicted molar refractivity (Wildman–Crippen MR) is 144 cm³/mol. The van der Waals surface area contributed by atoms with Gasteiger partial charge in [-0.25, -0.2) is 4.79 Å². The Hall–Kier alpha value is -2.00. The van der Waals surface area contributed by atoms with E-state index in [-0.39, 0.29) is 18.5 Å². The van der Waals surface area contributed by atoms with E-state index in [1.54, 1.807) is 46.8 Å². The Bertz CT molecular complexity index is 969. The molecule has 202 valence electrons. The summed E-state index contributed by atoms with van der Waals surface area (Å²) < 4.78 is 22.9. The van der Waals surface area contributed by atoms with Crippen LogP contribution in [-0.4, -0.2) is 62.4 Å². The molecule has 1 unspecified atom stereocenters. The third-order valence-electron chi connectivity index (χ3n) is 5.82. The molecule has 2 rings (SSSR count). The van der Waals surface area contributed by atoms with Gasteiger partial charge in [0.25, 0.3) is 0 Å². The van der Waals surface area contributed by atoms with Crippen molar-refractivity contribution < 1.29 is 33.6 Å². The van der Waals surface area contributed by atoms with Crippen LogP contribution in [-0.2, 0) is 23.7 Å². The molecule has 7 nitrogen and oxygen atoms in total. The van der Waals surface area contributed by atoms with E-state index in [2.05, 4.69) is 19.6 Å². The average Bonchev–Trinajstić information content (AvgIpc) is 3.02. The van der Waals surface area contributed by atoms with Crippen LogP contribution >= 0.6 is 0 Å². The first kappa shape index (κ1) is 30.2. The zero-order valence-electron chi connectivity index (χ0n) is 23.6. The highest BCUT2D eigenvalue weighted by atomic mass is 28.3.